The van der Waals surface area contributed by atoms with Crippen molar-refractivity contribution in [3.63, 3.8) is 0 Å². The van der Waals surface area contributed by atoms with Crippen molar-refractivity contribution in [3.05, 3.63) is 69.2 Å². The smallest absolute Gasteiger partial charge is 0.325 e. The summed E-state index contributed by atoms with van der Waals surface area (Å²) in [7, 11) is 0. The second-order valence-corrected chi connectivity index (χ2v) is 6.44. The molecule has 28 heavy (non-hydrogen) atoms. The number of halogens is 4. The predicted molar refractivity (Wildman–Crippen MR) is 100 cm³/mol. The summed E-state index contributed by atoms with van der Waals surface area (Å²) in [5.74, 6) is -0.240. The van der Waals surface area contributed by atoms with Crippen LogP contribution in [-0.2, 0) is 23.9 Å². The Bertz CT molecular complexity index is 1110. The number of rotatable bonds is 4. The third-order valence-corrected chi connectivity index (χ3v) is 4.44. The van der Waals surface area contributed by atoms with Gasteiger partial charge in [0.1, 0.15) is 12.4 Å². The summed E-state index contributed by atoms with van der Waals surface area (Å²) in [6.45, 7) is 1.42. The standard InChI is InChI=1S/C19H15ClF3N3O2/c1-2-16-25-15-6-4-3-5-12(15)18(28)26(16)10-17(27)24-11-7-8-14(20)13(9-11)19(21,22)23/h3-9H,2,10H2,1H3,(H,24,27). The third kappa shape index (κ3) is 4.01. The third-order valence-electron chi connectivity index (χ3n) is 4.11. The van der Waals surface area contributed by atoms with Gasteiger partial charge in [-0.05, 0) is 30.3 Å². The first-order chi connectivity index (χ1) is 13.2. The maximum absolute atomic E-state index is 13.0. The Kier molecular flexibility index (Phi) is 5.42. The molecule has 0 fully saturated rings. The molecule has 0 aliphatic heterocycles. The van der Waals surface area contributed by atoms with Gasteiger partial charge in [-0.2, -0.15) is 13.2 Å². The lowest BCUT2D eigenvalue weighted by Gasteiger charge is -2.14. The van der Waals surface area contributed by atoms with Crippen LogP contribution in [0.4, 0.5) is 18.9 Å². The summed E-state index contributed by atoms with van der Waals surface area (Å²) < 4.78 is 40.1. The molecule has 0 aliphatic carbocycles. The van der Waals surface area contributed by atoms with E-state index in [4.69, 9.17) is 11.6 Å². The minimum Gasteiger partial charge on any atom is -0.325 e. The van der Waals surface area contributed by atoms with E-state index in [2.05, 4.69) is 10.3 Å². The molecular formula is C19H15ClF3N3O2. The highest BCUT2D eigenvalue weighted by Gasteiger charge is 2.33. The zero-order chi connectivity index (χ0) is 20.5. The fraction of sp³-hybridized carbons (Fsp3) is 0.211. The molecule has 1 aromatic heterocycles. The number of nitrogens with one attached hydrogen (secondary N) is 1. The molecule has 0 radical (unpaired) electrons. The van der Waals surface area contributed by atoms with Crippen molar-refractivity contribution in [2.24, 2.45) is 0 Å². The number of aryl methyl sites for hydroxylation is 1. The summed E-state index contributed by atoms with van der Waals surface area (Å²) in [4.78, 5) is 29.5. The van der Waals surface area contributed by atoms with Gasteiger partial charge in [0.25, 0.3) is 5.56 Å². The summed E-state index contributed by atoms with van der Waals surface area (Å²) in [6.07, 6.45) is -4.24. The number of fused-ring (bicyclic) bond motifs is 1. The zero-order valence-corrected chi connectivity index (χ0v) is 15.4. The number of carbonyl (C=O) groups is 1. The average molecular weight is 410 g/mol. The Hall–Kier alpha value is -2.87. The lowest BCUT2D eigenvalue weighted by Crippen LogP contribution is -2.31. The zero-order valence-electron chi connectivity index (χ0n) is 14.7. The van der Waals surface area contributed by atoms with Gasteiger partial charge in [-0.15, -0.1) is 0 Å². The lowest BCUT2D eigenvalue weighted by molar-refractivity contribution is -0.137. The van der Waals surface area contributed by atoms with Crippen LogP contribution in [0.25, 0.3) is 10.9 Å². The molecule has 0 bridgehead atoms. The highest BCUT2D eigenvalue weighted by atomic mass is 35.5. The van der Waals surface area contributed by atoms with E-state index in [1.54, 1.807) is 31.2 Å². The second kappa shape index (κ2) is 7.63. The van der Waals surface area contributed by atoms with E-state index in [1.807, 2.05) is 0 Å². The topological polar surface area (TPSA) is 64.0 Å². The molecule has 0 aliphatic rings. The number of hydrogen-bond acceptors (Lipinski definition) is 3. The van der Waals surface area contributed by atoms with E-state index in [-0.39, 0.29) is 17.8 Å². The Morgan fingerprint density at radius 1 is 1.21 bits per heavy atom. The van der Waals surface area contributed by atoms with E-state index >= 15 is 0 Å². The molecule has 0 saturated heterocycles. The maximum Gasteiger partial charge on any atom is 0.417 e. The predicted octanol–water partition coefficient (Wildman–Crippen LogP) is 4.27. The molecule has 146 valence electrons. The van der Waals surface area contributed by atoms with Crippen molar-refractivity contribution < 1.29 is 18.0 Å². The van der Waals surface area contributed by atoms with Crippen molar-refractivity contribution in [1.82, 2.24) is 9.55 Å². The van der Waals surface area contributed by atoms with Gasteiger partial charge in [-0.3, -0.25) is 14.2 Å². The maximum atomic E-state index is 13.0. The van der Waals surface area contributed by atoms with Gasteiger partial charge in [0.05, 0.1) is 21.5 Å². The summed E-state index contributed by atoms with van der Waals surface area (Å²) in [5.41, 5.74) is -0.981. The molecule has 1 N–H and O–H groups in total. The molecule has 9 heteroatoms. The summed E-state index contributed by atoms with van der Waals surface area (Å²) >= 11 is 5.58. The number of carbonyl (C=O) groups excluding carboxylic acids is 1. The number of para-hydroxylation sites is 1. The van der Waals surface area contributed by atoms with E-state index in [0.717, 1.165) is 12.1 Å². The van der Waals surface area contributed by atoms with Crippen LogP contribution in [0.2, 0.25) is 5.02 Å². The SMILES string of the molecule is CCc1nc2ccccc2c(=O)n1CC(=O)Nc1ccc(Cl)c(C(F)(F)F)c1. The van der Waals surface area contributed by atoms with Crippen molar-refractivity contribution in [2.45, 2.75) is 26.1 Å². The summed E-state index contributed by atoms with van der Waals surface area (Å²) in [6, 6.07) is 9.82. The first-order valence-electron chi connectivity index (χ1n) is 8.35. The van der Waals surface area contributed by atoms with Crippen molar-refractivity contribution >= 4 is 34.1 Å². The molecule has 0 atom stereocenters. The quantitative estimate of drug-likeness (QED) is 0.700. The number of benzene rings is 2. The number of anilines is 1. The minimum atomic E-state index is -4.65. The molecule has 1 heterocycles. The monoisotopic (exact) mass is 409 g/mol. The van der Waals surface area contributed by atoms with Crippen LogP contribution in [-0.4, -0.2) is 15.5 Å². The van der Waals surface area contributed by atoms with Gasteiger partial charge in [-0.25, -0.2) is 4.98 Å². The number of amides is 1. The molecule has 5 nitrogen and oxygen atoms in total. The van der Waals surface area contributed by atoms with Crippen LogP contribution in [0.1, 0.15) is 18.3 Å². The number of alkyl halides is 3. The first kappa shape index (κ1) is 19.9. The van der Waals surface area contributed by atoms with Gasteiger partial charge in [-0.1, -0.05) is 30.7 Å². The van der Waals surface area contributed by atoms with Crippen molar-refractivity contribution in [3.8, 4) is 0 Å². The van der Waals surface area contributed by atoms with Crippen LogP contribution in [0.15, 0.2) is 47.3 Å². The van der Waals surface area contributed by atoms with E-state index in [0.29, 0.717) is 23.1 Å². The van der Waals surface area contributed by atoms with Crippen LogP contribution >= 0.6 is 11.6 Å². The summed E-state index contributed by atoms with van der Waals surface area (Å²) in [5, 5.41) is 2.27. The first-order valence-corrected chi connectivity index (χ1v) is 8.73. The second-order valence-electron chi connectivity index (χ2n) is 6.03. The molecule has 2 aromatic carbocycles. The highest BCUT2D eigenvalue weighted by molar-refractivity contribution is 6.31. The fourth-order valence-corrected chi connectivity index (χ4v) is 3.04. The Morgan fingerprint density at radius 2 is 1.93 bits per heavy atom. The van der Waals surface area contributed by atoms with Crippen molar-refractivity contribution in [2.75, 3.05) is 5.32 Å². The van der Waals surface area contributed by atoms with E-state index in [9.17, 15) is 22.8 Å². The fourth-order valence-electron chi connectivity index (χ4n) is 2.81. The Morgan fingerprint density at radius 3 is 2.61 bits per heavy atom. The van der Waals surface area contributed by atoms with Crippen molar-refractivity contribution in [1.29, 1.82) is 0 Å². The highest BCUT2D eigenvalue weighted by Crippen LogP contribution is 2.36. The Labute approximate surface area is 162 Å². The lowest BCUT2D eigenvalue weighted by atomic mass is 10.2. The van der Waals surface area contributed by atoms with Gasteiger partial charge in [0.15, 0.2) is 0 Å². The molecule has 0 unspecified atom stereocenters. The number of nitrogens with zero attached hydrogens (tertiary/aromatic N) is 2. The Balaban J connectivity index is 1.90. The van der Waals surface area contributed by atoms with Crippen LogP contribution in [0.5, 0.6) is 0 Å². The van der Waals surface area contributed by atoms with E-state index in [1.165, 1.54) is 10.6 Å². The van der Waals surface area contributed by atoms with Gasteiger partial charge >= 0.3 is 6.18 Å². The van der Waals surface area contributed by atoms with Gasteiger partial charge in [0.2, 0.25) is 5.91 Å². The normalized spacial score (nSPS) is 11.6. The van der Waals surface area contributed by atoms with Gasteiger partial charge < -0.3 is 5.32 Å². The van der Waals surface area contributed by atoms with Crippen LogP contribution in [0.3, 0.4) is 0 Å². The van der Waals surface area contributed by atoms with Crippen LogP contribution in [0, 0.1) is 0 Å². The largest absolute Gasteiger partial charge is 0.417 e. The molecule has 1 amide bonds. The number of hydrogen-bond donors (Lipinski definition) is 1. The molecule has 0 saturated carbocycles. The molecule has 0 spiro atoms. The molecule has 3 aromatic rings. The molecular weight excluding hydrogens is 395 g/mol. The average Bonchev–Trinajstić information content (AvgIpc) is 2.64. The van der Waals surface area contributed by atoms with Crippen LogP contribution < -0.4 is 10.9 Å². The number of aromatic nitrogens is 2. The van der Waals surface area contributed by atoms with E-state index < -0.39 is 22.7 Å². The minimum absolute atomic E-state index is 0.0680. The van der Waals surface area contributed by atoms with Gasteiger partial charge in [0, 0.05) is 12.1 Å². The molecule has 3 rings (SSSR count).